The molecule has 4 nitrogen and oxygen atoms in total. The van der Waals surface area contributed by atoms with Crippen molar-refractivity contribution in [3.8, 4) is 0 Å². The zero-order valence-corrected chi connectivity index (χ0v) is 13.6. The zero-order chi connectivity index (χ0) is 15.9. The summed E-state index contributed by atoms with van der Waals surface area (Å²) in [4.78, 5) is 21.3. The summed E-state index contributed by atoms with van der Waals surface area (Å²) >= 11 is 12.1. The van der Waals surface area contributed by atoms with E-state index in [1.807, 2.05) is 13.8 Å². The Labute approximate surface area is 137 Å². The van der Waals surface area contributed by atoms with Crippen LogP contribution >= 0.6 is 23.2 Å². The van der Waals surface area contributed by atoms with Crippen LogP contribution in [0.1, 0.15) is 44.0 Å². The Bertz CT molecular complexity index is 850. The Morgan fingerprint density at radius 2 is 1.82 bits per heavy atom. The Kier molecular flexibility index (Phi) is 2.66. The molecule has 2 atom stereocenters. The van der Waals surface area contributed by atoms with Crippen molar-refractivity contribution in [2.24, 2.45) is 5.41 Å². The Morgan fingerprint density at radius 1 is 1.23 bits per heavy atom. The molecule has 0 spiro atoms. The minimum absolute atomic E-state index is 0.0757. The predicted octanol–water partition coefficient (Wildman–Crippen LogP) is 2.84. The number of carboxylic acid groups (broad SMARTS) is 1. The van der Waals surface area contributed by atoms with E-state index >= 15 is 0 Å². The highest BCUT2D eigenvalue weighted by Crippen LogP contribution is 2.66. The van der Waals surface area contributed by atoms with Crippen molar-refractivity contribution in [2.75, 3.05) is 0 Å². The quantitative estimate of drug-likeness (QED) is 0.803. The van der Waals surface area contributed by atoms with Crippen LogP contribution < -0.4 is 5.11 Å². The molecule has 2 aliphatic carbocycles. The molecule has 0 saturated heterocycles. The van der Waals surface area contributed by atoms with Gasteiger partial charge in [-0.3, -0.25) is 0 Å². The molecule has 4 rings (SSSR count). The SMILES string of the molecule is CC1(C)[C@@H]2CC[C@]1(C(=O)[O-])c1nc3cc(Cl)c(Cl)cc3nc12. The Balaban J connectivity index is 2.08. The number of aromatic nitrogens is 2. The van der Waals surface area contributed by atoms with Gasteiger partial charge in [0.25, 0.3) is 0 Å². The van der Waals surface area contributed by atoms with Crippen molar-refractivity contribution in [1.29, 1.82) is 0 Å². The van der Waals surface area contributed by atoms with E-state index in [2.05, 4.69) is 9.97 Å². The van der Waals surface area contributed by atoms with Crippen LogP contribution in [0.3, 0.4) is 0 Å². The van der Waals surface area contributed by atoms with Gasteiger partial charge in [0.2, 0.25) is 0 Å². The molecule has 1 fully saturated rings. The Morgan fingerprint density at radius 3 is 2.41 bits per heavy atom. The van der Waals surface area contributed by atoms with Crippen LogP contribution in [-0.4, -0.2) is 15.9 Å². The first-order chi connectivity index (χ1) is 10.3. The summed E-state index contributed by atoms with van der Waals surface area (Å²) in [6, 6.07) is 3.31. The van der Waals surface area contributed by atoms with Gasteiger partial charge in [-0.15, -0.1) is 0 Å². The predicted molar refractivity (Wildman–Crippen MR) is 82.0 cm³/mol. The maximum absolute atomic E-state index is 12.0. The smallest absolute Gasteiger partial charge is 0.0906 e. The van der Waals surface area contributed by atoms with E-state index in [1.165, 1.54) is 0 Å². The number of benzene rings is 1. The van der Waals surface area contributed by atoms with Crippen molar-refractivity contribution < 1.29 is 9.90 Å². The molecule has 1 aromatic carbocycles. The van der Waals surface area contributed by atoms with Crippen molar-refractivity contribution in [1.82, 2.24) is 9.97 Å². The fraction of sp³-hybridized carbons (Fsp3) is 0.438. The molecule has 2 aliphatic rings. The summed E-state index contributed by atoms with van der Waals surface area (Å²) in [6.07, 6.45) is 1.33. The summed E-state index contributed by atoms with van der Waals surface area (Å²) in [6.45, 7) is 3.93. The maximum Gasteiger partial charge on any atom is 0.0906 e. The molecule has 1 heterocycles. The fourth-order valence-corrected chi connectivity index (χ4v) is 4.64. The van der Waals surface area contributed by atoms with Crippen LogP contribution in [0, 0.1) is 5.41 Å². The lowest BCUT2D eigenvalue weighted by Gasteiger charge is -2.38. The van der Waals surface area contributed by atoms with Crippen LogP contribution in [0.15, 0.2) is 12.1 Å². The third kappa shape index (κ3) is 1.43. The molecular weight excluding hydrogens is 323 g/mol. The highest BCUT2D eigenvalue weighted by atomic mass is 35.5. The number of nitrogens with zero attached hydrogens (tertiary/aromatic N) is 2. The normalized spacial score (nSPS) is 28.1. The number of rotatable bonds is 1. The number of carboxylic acids is 1. The largest absolute Gasteiger partial charge is 0.549 e. The first kappa shape index (κ1) is 14.2. The number of aliphatic carboxylic acids is 1. The molecule has 2 aromatic rings. The lowest BCUT2D eigenvalue weighted by Crippen LogP contribution is -2.51. The van der Waals surface area contributed by atoms with Crippen molar-refractivity contribution in [2.45, 2.75) is 38.0 Å². The van der Waals surface area contributed by atoms with E-state index in [-0.39, 0.29) is 5.92 Å². The number of carbonyl (C=O) groups is 1. The molecule has 0 N–H and O–H groups in total. The second-order valence-electron chi connectivity index (χ2n) is 6.72. The number of fused-ring (bicyclic) bond motifs is 6. The van der Waals surface area contributed by atoms with Crippen molar-refractivity contribution in [3.63, 3.8) is 0 Å². The summed E-state index contributed by atoms with van der Waals surface area (Å²) in [5.41, 5.74) is 0.993. The monoisotopic (exact) mass is 335 g/mol. The summed E-state index contributed by atoms with van der Waals surface area (Å²) < 4.78 is 0. The maximum atomic E-state index is 12.0. The van der Waals surface area contributed by atoms with E-state index in [4.69, 9.17) is 23.2 Å². The van der Waals surface area contributed by atoms with Gasteiger partial charge < -0.3 is 9.90 Å². The van der Waals surface area contributed by atoms with E-state index < -0.39 is 16.8 Å². The van der Waals surface area contributed by atoms with Crippen LogP contribution in [0.2, 0.25) is 10.0 Å². The van der Waals surface area contributed by atoms with E-state index in [0.29, 0.717) is 33.2 Å². The highest BCUT2D eigenvalue weighted by molar-refractivity contribution is 6.42. The summed E-state index contributed by atoms with van der Waals surface area (Å²) in [5.74, 6) is -0.987. The van der Waals surface area contributed by atoms with Gasteiger partial charge in [-0.2, -0.15) is 0 Å². The van der Waals surface area contributed by atoms with Gasteiger partial charge in [-0.1, -0.05) is 37.0 Å². The molecule has 0 amide bonds. The molecule has 6 heteroatoms. The molecule has 1 aromatic heterocycles. The van der Waals surface area contributed by atoms with Gasteiger partial charge in [-0.25, -0.2) is 9.97 Å². The fourth-order valence-electron chi connectivity index (χ4n) is 4.33. The van der Waals surface area contributed by atoms with E-state index in [9.17, 15) is 9.90 Å². The summed E-state index contributed by atoms with van der Waals surface area (Å²) in [5, 5.41) is 12.8. The third-order valence-electron chi connectivity index (χ3n) is 5.60. The van der Waals surface area contributed by atoms with Gasteiger partial charge >= 0.3 is 0 Å². The molecule has 22 heavy (non-hydrogen) atoms. The molecule has 2 bridgehead atoms. The number of hydrogen-bond acceptors (Lipinski definition) is 4. The van der Waals surface area contributed by atoms with Gasteiger partial charge in [0.15, 0.2) is 0 Å². The topological polar surface area (TPSA) is 65.9 Å². The molecular formula is C16H13Cl2N2O2-. The molecule has 0 radical (unpaired) electrons. The van der Waals surface area contributed by atoms with E-state index in [0.717, 1.165) is 12.1 Å². The number of hydrogen-bond donors (Lipinski definition) is 0. The standard InChI is InChI=1S/C16H14Cl2N2O2/c1-15(2)7-3-4-16(15,14(21)22)13-12(7)19-10-5-8(17)9(18)6-11(10)20-13/h5-7H,3-4H2,1-2H3,(H,21,22)/p-1/t7-,16-/m1/s1. The van der Waals surface area contributed by atoms with Crippen LogP contribution in [0.5, 0.6) is 0 Å². The highest BCUT2D eigenvalue weighted by Gasteiger charge is 2.64. The molecule has 0 unspecified atom stereocenters. The first-order valence-corrected chi connectivity index (χ1v) is 7.93. The average molecular weight is 336 g/mol. The molecule has 114 valence electrons. The van der Waals surface area contributed by atoms with Gasteiger partial charge in [0, 0.05) is 5.92 Å². The van der Waals surface area contributed by atoms with Crippen LogP contribution in [0.4, 0.5) is 0 Å². The van der Waals surface area contributed by atoms with Gasteiger partial charge in [0.1, 0.15) is 0 Å². The van der Waals surface area contributed by atoms with Crippen LogP contribution in [-0.2, 0) is 10.2 Å². The van der Waals surface area contributed by atoms with Crippen molar-refractivity contribution >= 4 is 40.2 Å². The first-order valence-electron chi connectivity index (χ1n) is 7.17. The number of halogens is 2. The Hall–Kier alpha value is -1.39. The summed E-state index contributed by atoms with van der Waals surface area (Å²) in [7, 11) is 0. The second kappa shape index (κ2) is 4.12. The molecule has 1 saturated carbocycles. The third-order valence-corrected chi connectivity index (χ3v) is 6.32. The van der Waals surface area contributed by atoms with Crippen molar-refractivity contribution in [3.05, 3.63) is 33.6 Å². The lowest BCUT2D eigenvalue weighted by molar-refractivity contribution is -0.317. The number of carbonyl (C=O) groups excluding carboxylic acids is 1. The minimum Gasteiger partial charge on any atom is -0.549 e. The lowest BCUT2D eigenvalue weighted by atomic mass is 9.68. The van der Waals surface area contributed by atoms with Gasteiger partial charge in [0.05, 0.1) is 43.9 Å². The van der Waals surface area contributed by atoms with Crippen LogP contribution in [0.25, 0.3) is 11.0 Å². The van der Waals surface area contributed by atoms with Gasteiger partial charge in [-0.05, 0) is 30.4 Å². The zero-order valence-electron chi connectivity index (χ0n) is 12.1. The minimum atomic E-state index is -1.07. The van der Waals surface area contributed by atoms with E-state index in [1.54, 1.807) is 12.1 Å². The second-order valence-corrected chi connectivity index (χ2v) is 7.53. The molecule has 0 aliphatic heterocycles. The average Bonchev–Trinajstić information content (AvgIpc) is 2.81.